The number of carbonyl (C=O) groups is 2. The topological polar surface area (TPSA) is 70.2 Å². The Balaban J connectivity index is 1.57. The maximum absolute atomic E-state index is 12.7. The lowest BCUT2D eigenvalue weighted by atomic mass is 10.0. The zero-order valence-electron chi connectivity index (χ0n) is 15.9. The summed E-state index contributed by atoms with van der Waals surface area (Å²) < 4.78 is 0. The Morgan fingerprint density at radius 1 is 1.00 bits per heavy atom. The van der Waals surface area contributed by atoms with Crippen molar-refractivity contribution >= 4 is 17.6 Å². The Hall–Kier alpha value is -2.82. The quantitative estimate of drug-likeness (QED) is 0.731. The molecule has 0 aromatic heterocycles. The second kappa shape index (κ2) is 8.71. The Bertz CT molecular complexity index is 802. The van der Waals surface area contributed by atoms with Gasteiger partial charge in [-0.1, -0.05) is 50.2 Å². The van der Waals surface area contributed by atoms with Crippen LogP contribution in [0.25, 0.3) is 0 Å². The molecule has 5 heteroatoms. The van der Waals surface area contributed by atoms with Crippen molar-refractivity contribution in [3.8, 4) is 0 Å². The van der Waals surface area contributed by atoms with Gasteiger partial charge < -0.3 is 16.0 Å². The van der Waals surface area contributed by atoms with Gasteiger partial charge in [-0.3, -0.25) is 4.79 Å². The molecule has 0 saturated heterocycles. The van der Waals surface area contributed by atoms with Crippen LogP contribution in [0.15, 0.2) is 48.5 Å². The Labute approximate surface area is 160 Å². The minimum Gasteiger partial charge on any atom is -0.334 e. The van der Waals surface area contributed by atoms with Crippen LogP contribution >= 0.6 is 0 Å². The third kappa shape index (κ3) is 5.09. The van der Waals surface area contributed by atoms with E-state index in [9.17, 15) is 9.59 Å². The van der Waals surface area contributed by atoms with E-state index < -0.39 is 6.04 Å². The monoisotopic (exact) mass is 365 g/mol. The maximum atomic E-state index is 12.7. The molecule has 0 saturated carbocycles. The van der Waals surface area contributed by atoms with Crippen molar-refractivity contribution in [1.82, 2.24) is 10.6 Å². The first-order valence-corrected chi connectivity index (χ1v) is 9.54. The molecule has 0 heterocycles. The van der Waals surface area contributed by atoms with Gasteiger partial charge in [-0.2, -0.15) is 0 Å². The van der Waals surface area contributed by atoms with Gasteiger partial charge in [0.25, 0.3) is 0 Å². The van der Waals surface area contributed by atoms with Gasteiger partial charge >= 0.3 is 6.03 Å². The van der Waals surface area contributed by atoms with Crippen molar-refractivity contribution in [2.45, 2.75) is 45.7 Å². The number of nitrogens with one attached hydrogen (secondary N) is 3. The van der Waals surface area contributed by atoms with Crippen LogP contribution in [0.1, 0.15) is 37.0 Å². The first-order valence-electron chi connectivity index (χ1n) is 9.54. The number of hydrogen-bond donors (Lipinski definition) is 3. The second-order valence-electron chi connectivity index (χ2n) is 7.36. The average Bonchev–Trinajstić information content (AvgIpc) is 3.12. The fraction of sp³-hybridized carbons (Fsp3) is 0.364. The van der Waals surface area contributed by atoms with Crippen molar-refractivity contribution in [3.05, 3.63) is 65.2 Å². The van der Waals surface area contributed by atoms with Crippen molar-refractivity contribution in [2.24, 2.45) is 5.92 Å². The molecular formula is C22H27N3O2. The summed E-state index contributed by atoms with van der Waals surface area (Å²) in [6.45, 7) is 4.26. The zero-order valence-corrected chi connectivity index (χ0v) is 15.9. The van der Waals surface area contributed by atoms with Gasteiger partial charge in [0.1, 0.15) is 6.04 Å². The molecule has 3 amide bonds. The SMILES string of the molecule is CC(C)C(NC(=O)NCc1ccccc1)C(=O)Nc1ccc2c(c1)CCC2. The highest BCUT2D eigenvalue weighted by Gasteiger charge is 2.24. The summed E-state index contributed by atoms with van der Waals surface area (Å²) in [5.74, 6) is -0.222. The Morgan fingerprint density at radius 3 is 2.48 bits per heavy atom. The number of rotatable bonds is 6. The molecule has 1 aliphatic rings. The average molecular weight is 365 g/mol. The predicted molar refractivity (Wildman–Crippen MR) is 108 cm³/mol. The van der Waals surface area contributed by atoms with Crippen LogP contribution in [0.4, 0.5) is 10.5 Å². The van der Waals surface area contributed by atoms with Crippen LogP contribution < -0.4 is 16.0 Å². The molecule has 0 spiro atoms. The summed E-state index contributed by atoms with van der Waals surface area (Å²) in [7, 11) is 0. The molecule has 3 rings (SSSR count). The number of aryl methyl sites for hydroxylation is 2. The summed E-state index contributed by atoms with van der Waals surface area (Å²) >= 11 is 0. The predicted octanol–water partition coefficient (Wildman–Crippen LogP) is 3.64. The summed E-state index contributed by atoms with van der Waals surface area (Å²) in [4.78, 5) is 24.9. The number of carbonyl (C=O) groups excluding carboxylic acids is 2. The van der Waals surface area contributed by atoms with Gasteiger partial charge in [0, 0.05) is 12.2 Å². The van der Waals surface area contributed by atoms with Crippen molar-refractivity contribution in [2.75, 3.05) is 5.32 Å². The van der Waals surface area contributed by atoms with Crippen molar-refractivity contribution in [3.63, 3.8) is 0 Å². The molecule has 1 aliphatic carbocycles. The molecule has 2 aromatic carbocycles. The van der Waals surface area contributed by atoms with Gasteiger partial charge in [0.05, 0.1) is 0 Å². The van der Waals surface area contributed by atoms with Gasteiger partial charge in [0.2, 0.25) is 5.91 Å². The fourth-order valence-corrected chi connectivity index (χ4v) is 3.38. The van der Waals surface area contributed by atoms with Crippen LogP contribution in [-0.2, 0) is 24.2 Å². The van der Waals surface area contributed by atoms with Gasteiger partial charge in [-0.25, -0.2) is 4.79 Å². The minimum absolute atomic E-state index is 0.0260. The molecule has 1 unspecified atom stereocenters. The highest BCUT2D eigenvalue weighted by atomic mass is 16.2. The van der Waals surface area contributed by atoms with Crippen LogP contribution in [0, 0.1) is 5.92 Å². The van der Waals surface area contributed by atoms with Crippen LogP contribution in [0.3, 0.4) is 0 Å². The largest absolute Gasteiger partial charge is 0.334 e. The number of anilines is 1. The summed E-state index contributed by atoms with van der Waals surface area (Å²) in [5.41, 5.74) is 4.48. The summed E-state index contributed by atoms with van der Waals surface area (Å²) in [6.07, 6.45) is 3.35. The molecule has 0 aliphatic heterocycles. The first kappa shape index (κ1) is 19.0. The van der Waals surface area contributed by atoms with Gasteiger partial charge in [-0.05, 0) is 54.0 Å². The van der Waals surface area contributed by atoms with E-state index in [0.717, 1.165) is 24.1 Å². The number of fused-ring (bicyclic) bond motifs is 1. The van der Waals surface area contributed by atoms with E-state index in [1.165, 1.54) is 17.5 Å². The van der Waals surface area contributed by atoms with E-state index in [1.807, 2.05) is 56.3 Å². The molecule has 2 aromatic rings. The molecule has 27 heavy (non-hydrogen) atoms. The molecule has 0 radical (unpaired) electrons. The third-order valence-corrected chi connectivity index (χ3v) is 4.90. The van der Waals surface area contributed by atoms with Gasteiger partial charge in [0.15, 0.2) is 0 Å². The normalized spacial score (nSPS) is 13.7. The molecule has 3 N–H and O–H groups in total. The smallest absolute Gasteiger partial charge is 0.315 e. The third-order valence-electron chi connectivity index (χ3n) is 4.90. The molecule has 142 valence electrons. The molecule has 5 nitrogen and oxygen atoms in total. The lowest BCUT2D eigenvalue weighted by Gasteiger charge is -2.22. The highest BCUT2D eigenvalue weighted by molar-refractivity contribution is 5.97. The molecule has 0 bridgehead atoms. The second-order valence-corrected chi connectivity index (χ2v) is 7.36. The van der Waals surface area contributed by atoms with E-state index in [2.05, 4.69) is 22.0 Å². The van der Waals surface area contributed by atoms with E-state index in [1.54, 1.807) is 0 Å². The number of hydrogen-bond acceptors (Lipinski definition) is 2. The maximum Gasteiger partial charge on any atom is 0.315 e. The number of amides is 3. The number of urea groups is 1. The zero-order chi connectivity index (χ0) is 19.2. The standard InChI is InChI=1S/C22H27N3O2/c1-15(2)20(25-22(27)23-14-16-7-4-3-5-8-16)21(26)24-19-12-11-17-9-6-10-18(17)13-19/h3-5,7-8,11-13,15,20H,6,9-10,14H2,1-2H3,(H,24,26)(H2,23,25,27). The van der Waals surface area contributed by atoms with Crippen molar-refractivity contribution < 1.29 is 9.59 Å². The first-order chi connectivity index (χ1) is 13.0. The van der Waals surface area contributed by atoms with Crippen LogP contribution in [0.5, 0.6) is 0 Å². The van der Waals surface area contributed by atoms with E-state index in [0.29, 0.717) is 6.54 Å². The van der Waals surface area contributed by atoms with E-state index in [-0.39, 0.29) is 17.9 Å². The molecular weight excluding hydrogens is 338 g/mol. The Kier molecular flexibility index (Phi) is 6.12. The van der Waals surface area contributed by atoms with Crippen molar-refractivity contribution in [1.29, 1.82) is 0 Å². The van der Waals surface area contributed by atoms with Gasteiger partial charge in [-0.15, -0.1) is 0 Å². The summed E-state index contributed by atoms with van der Waals surface area (Å²) in [5, 5.41) is 8.55. The van der Waals surface area contributed by atoms with Crippen LogP contribution in [0.2, 0.25) is 0 Å². The van der Waals surface area contributed by atoms with Crippen LogP contribution in [-0.4, -0.2) is 18.0 Å². The fourth-order valence-electron chi connectivity index (χ4n) is 3.38. The lowest BCUT2D eigenvalue weighted by molar-refractivity contribution is -0.118. The summed E-state index contributed by atoms with van der Waals surface area (Å²) in [6, 6.07) is 14.8. The molecule has 1 atom stereocenters. The molecule has 0 fully saturated rings. The van der Waals surface area contributed by atoms with E-state index in [4.69, 9.17) is 0 Å². The Morgan fingerprint density at radius 2 is 1.74 bits per heavy atom. The van der Waals surface area contributed by atoms with E-state index >= 15 is 0 Å². The minimum atomic E-state index is -0.603. The lowest BCUT2D eigenvalue weighted by Crippen LogP contribution is -2.50. The highest BCUT2D eigenvalue weighted by Crippen LogP contribution is 2.25. The number of benzene rings is 2.